The zero-order valence-electron chi connectivity index (χ0n) is 10.4. The van der Waals surface area contributed by atoms with Gasteiger partial charge in [-0.05, 0) is 37.1 Å². The van der Waals surface area contributed by atoms with E-state index in [1.165, 1.54) is 24.3 Å². The molecule has 2 rings (SSSR count). The van der Waals surface area contributed by atoms with Crippen molar-refractivity contribution in [2.45, 2.75) is 25.7 Å². The van der Waals surface area contributed by atoms with Crippen LogP contribution in [0.4, 0.5) is 10.1 Å². The van der Waals surface area contributed by atoms with Gasteiger partial charge in [0.25, 0.3) is 0 Å². The molecular weight excluding hydrogens is 249 g/mol. The highest BCUT2D eigenvalue weighted by atomic mass is 19.1. The Balaban J connectivity index is 2.05. The first kappa shape index (κ1) is 13.5. The molecule has 4 nitrogen and oxygen atoms in total. The molecule has 0 unspecified atom stereocenters. The van der Waals surface area contributed by atoms with Crippen LogP contribution in [0, 0.1) is 17.7 Å². The normalized spacial score (nSPS) is 22.8. The van der Waals surface area contributed by atoms with Crippen LogP contribution in [0.25, 0.3) is 0 Å². The van der Waals surface area contributed by atoms with Crippen LogP contribution in [0.5, 0.6) is 0 Å². The molecule has 0 aromatic heterocycles. The lowest BCUT2D eigenvalue weighted by molar-refractivity contribution is -0.147. The smallest absolute Gasteiger partial charge is 0.307 e. The molecule has 1 aromatic carbocycles. The minimum Gasteiger partial charge on any atom is -0.481 e. The van der Waals surface area contributed by atoms with Crippen LogP contribution in [0.3, 0.4) is 0 Å². The van der Waals surface area contributed by atoms with Gasteiger partial charge in [-0.1, -0.05) is 12.8 Å². The Kier molecular flexibility index (Phi) is 4.14. The summed E-state index contributed by atoms with van der Waals surface area (Å²) in [6, 6.07) is 5.44. The van der Waals surface area contributed by atoms with Gasteiger partial charge in [0, 0.05) is 5.69 Å². The van der Waals surface area contributed by atoms with E-state index in [0.717, 1.165) is 12.8 Å². The maximum atomic E-state index is 12.8. The van der Waals surface area contributed by atoms with Crippen molar-refractivity contribution < 1.29 is 19.1 Å². The number of halogens is 1. The van der Waals surface area contributed by atoms with Crippen LogP contribution in [0.2, 0.25) is 0 Å². The number of carboxylic acid groups (broad SMARTS) is 1. The van der Waals surface area contributed by atoms with Gasteiger partial charge in [0.15, 0.2) is 0 Å². The van der Waals surface area contributed by atoms with Gasteiger partial charge in [-0.25, -0.2) is 4.39 Å². The van der Waals surface area contributed by atoms with Gasteiger partial charge >= 0.3 is 5.97 Å². The Morgan fingerprint density at radius 2 is 1.68 bits per heavy atom. The summed E-state index contributed by atoms with van der Waals surface area (Å²) in [7, 11) is 0. The number of carbonyl (C=O) groups is 2. The highest BCUT2D eigenvalue weighted by molar-refractivity contribution is 5.95. The number of nitrogens with one attached hydrogen (secondary N) is 1. The second-order valence-corrected chi connectivity index (χ2v) is 4.83. The molecule has 1 aliphatic rings. The van der Waals surface area contributed by atoms with E-state index in [1.807, 2.05) is 0 Å². The van der Waals surface area contributed by atoms with E-state index in [9.17, 15) is 14.0 Å². The Morgan fingerprint density at radius 3 is 2.26 bits per heavy atom. The van der Waals surface area contributed by atoms with E-state index < -0.39 is 17.8 Å². The molecular formula is C14H16FNO3. The standard InChI is InChI=1S/C14H16FNO3/c15-9-5-7-10(8-6-9)16-13(17)11-3-1-2-4-12(11)14(18)19/h5-8,11-12H,1-4H2,(H,16,17)(H,18,19)/t11-,12+/m0/s1. The zero-order valence-corrected chi connectivity index (χ0v) is 10.4. The number of hydrogen-bond acceptors (Lipinski definition) is 2. The first-order valence-corrected chi connectivity index (χ1v) is 6.37. The molecule has 102 valence electrons. The van der Waals surface area contributed by atoms with Gasteiger partial charge in [-0.3, -0.25) is 9.59 Å². The van der Waals surface area contributed by atoms with E-state index in [0.29, 0.717) is 18.5 Å². The average molecular weight is 265 g/mol. The maximum absolute atomic E-state index is 12.8. The van der Waals surface area contributed by atoms with Crippen molar-refractivity contribution in [1.82, 2.24) is 0 Å². The van der Waals surface area contributed by atoms with Crippen molar-refractivity contribution in [1.29, 1.82) is 0 Å². The largest absolute Gasteiger partial charge is 0.481 e. The third-order valence-corrected chi connectivity index (χ3v) is 3.53. The van der Waals surface area contributed by atoms with Crippen LogP contribution in [-0.4, -0.2) is 17.0 Å². The summed E-state index contributed by atoms with van der Waals surface area (Å²) in [6.07, 6.45) is 2.84. The highest BCUT2D eigenvalue weighted by Gasteiger charge is 2.35. The number of benzene rings is 1. The number of hydrogen-bond donors (Lipinski definition) is 2. The van der Waals surface area contributed by atoms with Crippen LogP contribution in [0.15, 0.2) is 24.3 Å². The summed E-state index contributed by atoms with van der Waals surface area (Å²) in [5, 5.41) is 11.8. The molecule has 2 N–H and O–H groups in total. The minimum atomic E-state index is -0.918. The monoisotopic (exact) mass is 265 g/mol. The van der Waals surface area contributed by atoms with Crippen molar-refractivity contribution >= 4 is 17.6 Å². The van der Waals surface area contributed by atoms with Gasteiger partial charge in [0.05, 0.1) is 11.8 Å². The van der Waals surface area contributed by atoms with Gasteiger partial charge < -0.3 is 10.4 Å². The average Bonchev–Trinajstić information content (AvgIpc) is 2.41. The van der Waals surface area contributed by atoms with E-state index >= 15 is 0 Å². The van der Waals surface area contributed by atoms with E-state index in [-0.39, 0.29) is 11.7 Å². The summed E-state index contributed by atoms with van der Waals surface area (Å²) in [6.45, 7) is 0. The van der Waals surface area contributed by atoms with Crippen molar-refractivity contribution in [3.63, 3.8) is 0 Å². The van der Waals surface area contributed by atoms with Crippen molar-refractivity contribution in [3.05, 3.63) is 30.1 Å². The van der Waals surface area contributed by atoms with Crippen LogP contribution >= 0.6 is 0 Å². The molecule has 0 bridgehead atoms. The minimum absolute atomic E-state index is 0.293. The topological polar surface area (TPSA) is 66.4 Å². The van der Waals surface area contributed by atoms with Gasteiger partial charge in [0.2, 0.25) is 5.91 Å². The SMILES string of the molecule is O=C(Nc1ccc(F)cc1)[C@H]1CCCC[C@H]1C(=O)O. The van der Waals surface area contributed by atoms with Crippen LogP contribution in [-0.2, 0) is 9.59 Å². The van der Waals surface area contributed by atoms with Crippen molar-refractivity contribution in [2.75, 3.05) is 5.32 Å². The van der Waals surface area contributed by atoms with Gasteiger partial charge in [-0.15, -0.1) is 0 Å². The number of aliphatic carboxylic acids is 1. The summed E-state index contributed by atoms with van der Waals surface area (Å²) < 4.78 is 12.8. The van der Waals surface area contributed by atoms with Crippen LogP contribution in [0.1, 0.15) is 25.7 Å². The third kappa shape index (κ3) is 3.30. The first-order valence-electron chi connectivity index (χ1n) is 6.37. The zero-order chi connectivity index (χ0) is 13.8. The van der Waals surface area contributed by atoms with Gasteiger partial charge in [-0.2, -0.15) is 0 Å². The highest BCUT2D eigenvalue weighted by Crippen LogP contribution is 2.31. The molecule has 1 saturated carbocycles. The van der Waals surface area contributed by atoms with E-state index in [4.69, 9.17) is 5.11 Å². The second kappa shape index (κ2) is 5.82. The number of anilines is 1. The molecule has 1 fully saturated rings. The third-order valence-electron chi connectivity index (χ3n) is 3.53. The molecule has 1 aromatic rings. The van der Waals surface area contributed by atoms with Crippen molar-refractivity contribution in [3.8, 4) is 0 Å². The molecule has 1 aliphatic carbocycles. The molecule has 1 amide bonds. The lowest BCUT2D eigenvalue weighted by Crippen LogP contribution is -2.36. The number of carbonyl (C=O) groups excluding carboxylic acids is 1. The summed E-state index contributed by atoms with van der Waals surface area (Å²) in [4.78, 5) is 23.2. The number of amides is 1. The maximum Gasteiger partial charge on any atom is 0.307 e. The summed E-state index contributed by atoms with van der Waals surface area (Å²) >= 11 is 0. The summed E-state index contributed by atoms with van der Waals surface area (Å²) in [5.74, 6) is -2.71. The molecule has 0 radical (unpaired) electrons. The molecule has 0 spiro atoms. The number of carboxylic acids is 1. The van der Waals surface area contributed by atoms with E-state index in [2.05, 4.69) is 5.32 Å². The Morgan fingerprint density at radius 1 is 1.11 bits per heavy atom. The predicted molar refractivity (Wildman–Crippen MR) is 68.1 cm³/mol. The molecule has 0 heterocycles. The predicted octanol–water partition coefficient (Wildman–Crippen LogP) is 2.66. The Hall–Kier alpha value is -1.91. The Labute approximate surface area is 110 Å². The molecule has 5 heteroatoms. The summed E-state index contributed by atoms with van der Waals surface area (Å²) in [5.41, 5.74) is 0.487. The van der Waals surface area contributed by atoms with Crippen LogP contribution < -0.4 is 5.32 Å². The second-order valence-electron chi connectivity index (χ2n) is 4.83. The van der Waals surface area contributed by atoms with E-state index in [1.54, 1.807) is 0 Å². The first-order chi connectivity index (χ1) is 9.08. The molecule has 19 heavy (non-hydrogen) atoms. The fraction of sp³-hybridized carbons (Fsp3) is 0.429. The fourth-order valence-electron chi connectivity index (χ4n) is 2.51. The molecule has 2 atom stereocenters. The Bertz CT molecular complexity index is 472. The van der Waals surface area contributed by atoms with Gasteiger partial charge in [0.1, 0.15) is 5.82 Å². The fourth-order valence-corrected chi connectivity index (χ4v) is 2.51. The quantitative estimate of drug-likeness (QED) is 0.883. The molecule has 0 saturated heterocycles. The lowest BCUT2D eigenvalue weighted by atomic mass is 9.78. The molecule has 0 aliphatic heterocycles. The number of rotatable bonds is 3. The lowest BCUT2D eigenvalue weighted by Gasteiger charge is -2.27. The van der Waals surface area contributed by atoms with Crippen molar-refractivity contribution in [2.24, 2.45) is 11.8 Å².